The molecule has 1 saturated carbocycles. The molecule has 0 aromatic heterocycles. The molecule has 0 N–H and O–H groups in total. The van der Waals surface area contributed by atoms with Gasteiger partial charge in [-0.05, 0) is 55.1 Å². The number of carbonyl (C=O) groups excluding carboxylic acids is 1. The maximum atomic E-state index is 11.8. The minimum absolute atomic E-state index is 0.0443. The van der Waals surface area contributed by atoms with Crippen molar-refractivity contribution in [2.75, 3.05) is 7.11 Å². The summed E-state index contributed by atoms with van der Waals surface area (Å²) in [5.74, 6) is 1.12. The number of hydrogen-bond donors (Lipinski definition) is 0. The molecule has 0 bridgehead atoms. The number of methoxy groups -OCH3 is 1. The Hall–Kier alpha value is -1.57. The van der Waals surface area contributed by atoms with Crippen LogP contribution in [0.4, 0.5) is 0 Å². The summed E-state index contributed by atoms with van der Waals surface area (Å²) in [4.78, 5) is 11.8. The zero-order valence-electron chi connectivity index (χ0n) is 12.1. The second kappa shape index (κ2) is 5.43. The second-order valence-corrected chi connectivity index (χ2v) is 6.23. The normalized spacial score (nSPS) is 27.9. The third-order valence-electron chi connectivity index (χ3n) is 4.98. The van der Waals surface area contributed by atoms with Crippen molar-refractivity contribution in [3.63, 3.8) is 0 Å². The quantitative estimate of drug-likeness (QED) is 0.613. The zero-order valence-corrected chi connectivity index (χ0v) is 12.1. The van der Waals surface area contributed by atoms with E-state index in [0.717, 1.165) is 19.3 Å². The summed E-state index contributed by atoms with van der Waals surface area (Å²) in [7, 11) is 1.49. The van der Waals surface area contributed by atoms with Crippen LogP contribution in [0.3, 0.4) is 0 Å². The van der Waals surface area contributed by atoms with Gasteiger partial charge in [-0.1, -0.05) is 36.4 Å². The molecule has 1 aromatic carbocycles. The van der Waals surface area contributed by atoms with Crippen molar-refractivity contribution in [2.24, 2.45) is 11.8 Å². The highest BCUT2D eigenvalue weighted by atomic mass is 16.5. The van der Waals surface area contributed by atoms with Crippen LogP contribution < -0.4 is 0 Å². The minimum Gasteiger partial charge on any atom is -0.469 e. The van der Waals surface area contributed by atoms with Gasteiger partial charge in [0.05, 0.1) is 13.0 Å². The monoisotopic (exact) mass is 270 g/mol. The first-order chi connectivity index (χ1) is 9.69. The number of benzene rings is 1. The van der Waals surface area contributed by atoms with E-state index in [1.807, 2.05) is 0 Å². The lowest BCUT2D eigenvalue weighted by molar-refractivity contribution is -0.146. The lowest BCUT2D eigenvalue weighted by Gasteiger charge is -2.31. The Kier molecular flexibility index (Phi) is 3.64. The predicted molar refractivity (Wildman–Crippen MR) is 79.5 cm³/mol. The Balaban J connectivity index is 1.59. The van der Waals surface area contributed by atoms with E-state index < -0.39 is 0 Å². The van der Waals surface area contributed by atoms with E-state index >= 15 is 0 Å². The van der Waals surface area contributed by atoms with Gasteiger partial charge in [0.15, 0.2) is 0 Å². The Morgan fingerprint density at radius 1 is 1.25 bits per heavy atom. The summed E-state index contributed by atoms with van der Waals surface area (Å²) in [5.41, 5.74) is 4.22. The van der Waals surface area contributed by atoms with Crippen molar-refractivity contribution in [1.82, 2.24) is 0 Å². The average Bonchev–Trinajstić information content (AvgIpc) is 2.80. The van der Waals surface area contributed by atoms with Crippen LogP contribution in [0.25, 0.3) is 0 Å². The van der Waals surface area contributed by atoms with Crippen LogP contribution in [0.15, 0.2) is 36.4 Å². The van der Waals surface area contributed by atoms with E-state index in [4.69, 9.17) is 4.74 Å². The van der Waals surface area contributed by atoms with Crippen molar-refractivity contribution in [3.05, 3.63) is 47.5 Å². The van der Waals surface area contributed by atoms with Crippen molar-refractivity contribution in [1.29, 1.82) is 0 Å². The van der Waals surface area contributed by atoms with Gasteiger partial charge in [-0.3, -0.25) is 4.79 Å². The molecule has 2 nitrogen and oxygen atoms in total. The number of carbonyl (C=O) groups is 1. The van der Waals surface area contributed by atoms with Crippen molar-refractivity contribution >= 4 is 5.97 Å². The lowest BCUT2D eigenvalue weighted by atomic mass is 9.73. The van der Waals surface area contributed by atoms with Gasteiger partial charge in [-0.25, -0.2) is 0 Å². The molecule has 20 heavy (non-hydrogen) atoms. The van der Waals surface area contributed by atoms with Gasteiger partial charge < -0.3 is 4.74 Å². The average molecular weight is 270 g/mol. The molecule has 2 aliphatic rings. The molecule has 0 spiro atoms. The Morgan fingerprint density at radius 2 is 2.05 bits per heavy atom. The summed E-state index contributed by atoms with van der Waals surface area (Å²) < 4.78 is 4.94. The van der Waals surface area contributed by atoms with Crippen LogP contribution >= 0.6 is 0 Å². The van der Waals surface area contributed by atoms with Crippen molar-refractivity contribution in [2.45, 2.75) is 38.0 Å². The fourth-order valence-electron chi connectivity index (χ4n) is 3.84. The number of fused-ring (bicyclic) bond motifs is 1. The summed E-state index contributed by atoms with van der Waals surface area (Å²) in [6.45, 7) is 4.06. The third-order valence-corrected chi connectivity index (χ3v) is 4.98. The van der Waals surface area contributed by atoms with Crippen LogP contribution in [0, 0.1) is 11.8 Å². The van der Waals surface area contributed by atoms with E-state index in [-0.39, 0.29) is 11.9 Å². The maximum absolute atomic E-state index is 11.8. The highest BCUT2D eigenvalue weighted by molar-refractivity contribution is 5.73. The zero-order chi connectivity index (χ0) is 14.1. The molecule has 1 fully saturated rings. The third kappa shape index (κ3) is 2.39. The van der Waals surface area contributed by atoms with Crippen LogP contribution in [0.1, 0.15) is 42.7 Å². The summed E-state index contributed by atoms with van der Waals surface area (Å²) >= 11 is 0. The molecule has 0 aliphatic heterocycles. The van der Waals surface area contributed by atoms with Gasteiger partial charge >= 0.3 is 5.97 Å². The molecule has 0 saturated heterocycles. The van der Waals surface area contributed by atoms with E-state index in [2.05, 4.69) is 30.8 Å². The van der Waals surface area contributed by atoms with Crippen molar-refractivity contribution in [3.8, 4) is 0 Å². The molecule has 106 valence electrons. The van der Waals surface area contributed by atoms with Crippen LogP contribution in [-0.4, -0.2) is 13.1 Å². The Labute approximate surface area is 120 Å². The Bertz CT molecular complexity index is 532. The SMILES string of the molecule is C=C1C[C@H](CCC2Cc3ccccc32)[C@@H](C(=O)OC)C1. The lowest BCUT2D eigenvalue weighted by Crippen LogP contribution is -2.22. The largest absolute Gasteiger partial charge is 0.469 e. The van der Waals surface area contributed by atoms with Gasteiger partial charge in [0, 0.05) is 0 Å². The maximum Gasteiger partial charge on any atom is 0.309 e. The van der Waals surface area contributed by atoms with Crippen LogP contribution in [0.2, 0.25) is 0 Å². The molecule has 0 radical (unpaired) electrons. The molecular weight excluding hydrogens is 248 g/mol. The fourth-order valence-corrected chi connectivity index (χ4v) is 3.84. The smallest absolute Gasteiger partial charge is 0.309 e. The summed E-state index contributed by atoms with van der Waals surface area (Å²) in [6.07, 6.45) is 5.31. The van der Waals surface area contributed by atoms with Gasteiger partial charge in [-0.15, -0.1) is 0 Å². The molecule has 3 rings (SSSR count). The number of rotatable bonds is 4. The molecule has 0 heterocycles. The fraction of sp³-hybridized carbons (Fsp3) is 0.500. The predicted octanol–water partition coefficient (Wildman–Crippen LogP) is 3.86. The molecule has 2 heteroatoms. The summed E-state index contributed by atoms with van der Waals surface area (Å²) in [5, 5.41) is 0. The first-order valence-corrected chi connectivity index (χ1v) is 7.51. The number of hydrogen-bond acceptors (Lipinski definition) is 2. The summed E-state index contributed by atoms with van der Waals surface area (Å²) in [6, 6.07) is 8.71. The molecular formula is C18H22O2. The highest BCUT2D eigenvalue weighted by Gasteiger charge is 2.36. The van der Waals surface area contributed by atoms with Crippen LogP contribution in [0.5, 0.6) is 0 Å². The molecule has 1 unspecified atom stereocenters. The Morgan fingerprint density at radius 3 is 2.80 bits per heavy atom. The van der Waals surface area contributed by atoms with Gasteiger partial charge in [0.25, 0.3) is 0 Å². The van der Waals surface area contributed by atoms with Gasteiger partial charge in [0.2, 0.25) is 0 Å². The topological polar surface area (TPSA) is 26.3 Å². The number of allylic oxidation sites excluding steroid dienone is 1. The van der Waals surface area contributed by atoms with Crippen LogP contribution in [-0.2, 0) is 16.0 Å². The van der Waals surface area contributed by atoms with E-state index in [1.54, 1.807) is 0 Å². The highest BCUT2D eigenvalue weighted by Crippen LogP contribution is 2.43. The molecule has 2 aliphatic carbocycles. The standard InChI is InChI=1S/C18H22O2/c1-12-9-14(17(10-12)18(19)20-2)7-8-15-11-13-5-3-4-6-16(13)15/h3-6,14-15,17H,1,7-11H2,2H3/t14-,15?,17-/m0/s1. The van der Waals surface area contributed by atoms with E-state index in [9.17, 15) is 4.79 Å². The second-order valence-electron chi connectivity index (χ2n) is 6.23. The van der Waals surface area contributed by atoms with E-state index in [0.29, 0.717) is 11.8 Å². The van der Waals surface area contributed by atoms with Gasteiger partial charge in [-0.2, -0.15) is 0 Å². The molecule has 1 aromatic rings. The van der Waals surface area contributed by atoms with Gasteiger partial charge in [0.1, 0.15) is 0 Å². The molecule has 0 amide bonds. The van der Waals surface area contributed by atoms with E-state index in [1.165, 1.54) is 36.7 Å². The first-order valence-electron chi connectivity index (χ1n) is 7.51. The number of ether oxygens (including phenoxy) is 1. The number of esters is 1. The first kappa shape index (κ1) is 13.4. The minimum atomic E-state index is -0.0531. The van der Waals surface area contributed by atoms with Crippen molar-refractivity contribution < 1.29 is 9.53 Å². The molecule has 3 atom stereocenters.